The molecule has 0 aliphatic heterocycles. The summed E-state index contributed by atoms with van der Waals surface area (Å²) >= 11 is 7.20. The van der Waals surface area contributed by atoms with Gasteiger partial charge in [-0.25, -0.2) is 4.79 Å². The van der Waals surface area contributed by atoms with Crippen LogP contribution in [0.3, 0.4) is 0 Å². The molecule has 1 aromatic carbocycles. The summed E-state index contributed by atoms with van der Waals surface area (Å²) in [4.78, 5) is 23.1. The third-order valence-corrected chi connectivity index (χ3v) is 3.69. The van der Waals surface area contributed by atoms with Crippen molar-refractivity contribution in [2.45, 2.75) is 0 Å². The van der Waals surface area contributed by atoms with Crippen LogP contribution in [0.1, 0.15) is 15.2 Å². The van der Waals surface area contributed by atoms with Crippen molar-refractivity contribution in [1.29, 1.82) is 0 Å². The Morgan fingerprint density at radius 3 is 2.70 bits per heavy atom. The van der Waals surface area contributed by atoms with Gasteiger partial charge in [0.2, 0.25) is 0 Å². The quantitative estimate of drug-likeness (QED) is 0.845. The van der Waals surface area contributed by atoms with Crippen LogP contribution in [0.5, 0.6) is 0 Å². The minimum Gasteiger partial charge on any atom is -0.478 e. The van der Waals surface area contributed by atoms with E-state index in [4.69, 9.17) is 16.7 Å². The minimum absolute atomic E-state index is 0.321. The van der Waals surface area contributed by atoms with Crippen molar-refractivity contribution < 1.29 is 14.7 Å². The van der Waals surface area contributed by atoms with Gasteiger partial charge in [-0.3, -0.25) is 4.79 Å². The number of hydrogen-bond donors (Lipinski definition) is 2. The molecule has 0 bridgehead atoms. The first-order valence-electron chi connectivity index (χ1n) is 5.62. The number of aliphatic carboxylic acids is 1. The molecule has 0 saturated heterocycles. The molecule has 1 aromatic heterocycles. The molecule has 4 nitrogen and oxygen atoms in total. The first-order valence-corrected chi connectivity index (χ1v) is 6.88. The molecule has 2 rings (SSSR count). The number of amides is 1. The van der Waals surface area contributed by atoms with Gasteiger partial charge in [0.15, 0.2) is 0 Å². The lowest BCUT2D eigenvalue weighted by atomic mass is 10.2. The van der Waals surface area contributed by atoms with Crippen molar-refractivity contribution in [3.05, 3.63) is 57.3 Å². The monoisotopic (exact) mass is 307 g/mol. The predicted molar refractivity (Wildman–Crippen MR) is 80.4 cm³/mol. The molecule has 2 N–H and O–H groups in total. The Bertz CT molecular complexity index is 679. The van der Waals surface area contributed by atoms with Crippen molar-refractivity contribution in [2.75, 3.05) is 5.32 Å². The Hall–Kier alpha value is -2.11. The lowest BCUT2D eigenvalue weighted by molar-refractivity contribution is -0.131. The smallest absolute Gasteiger partial charge is 0.328 e. The fourth-order valence-electron chi connectivity index (χ4n) is 1.54. The molecule has 2 aromatic rings. The second kappa shape index (κ2) is 6.36. The summed E-state index contributed by atoms with van der Waals surface area (Å²) in [5.74, 6) is -1.38. The molecule has 0 saturated carbocycles. The lowest BCUT2D eigenvalue weighted by Gasteiger charge is -2.06. The van der Waals surface area contributed by atoms with Crippen molar-refractivity contribution in [3.8, 4) is 0 Å². The van der Waals surface area contributed by atoms with Gasteiger partial charge < -0.3 is 10.4 Å². The third-order valence-electron chi connectivity index (χ3n) is 2.43. The maximum atomic E-state index is 12.2. The molecule has 0 radical (unpaired) electrons. The maximum Gasteiger partial charge on any atom is 0.328 e. The van der Waals surface area contributed by atoms with E-state index in [2.05, 4.69) is 5.32 Å². The molecule has 1 amide bonds. The molecule has 102 valence electrons. The molecule has 0 aliphatic carbocycles. The third kappa shape index (κ3) is 3.46. The van der Waals surface area contributed by atoms with Gasteiger partial charge in [0.05, 0.1) is 15.6 Å². The zero-order valence-corrected chi connectivity index (χ0v) is 11.7. The first-order chi connectivity index (χ1) is 9.58. The minimum atomic E-state index is -1.06. The maximum absolute atomic E-state index is 12.2. The topological polar surface area (TPSA) is 66.4 Å². The summed E-state index contributed by atoms with van der Waals surface area (Å²) in [6.07, 6.45) is 2.38. The van der Waals surface area contributed by atoms with Gasteiger partial charge in [0.1, 0.15) is 0 Å². The highest BCUT2D eigenvalue weighted by Crippen LogP contribution is 2.24. The van der Waals surface area contributed by atoms with E-state index >= 15 is 0 Å². The molecule has 0 aliphatic rings. The number of hydrogen-bond acceptors (Lipinski definition) is 3. The van der Waals surface area contributed by atoms with Crippen LogP contribution in [-0.4, -0.2) is 17.0 Å². The fourth-order valence-corrected chi connectivity index (χ4v) is 2.50. The number of rotatable bonds is 4. The van der Waals surface area contributed by atoms with E-state index < -0.39 is 5.97 Å². The van der Waals surface area contributed by atoms with Gasteiger partial charge >= 0.3 is 5.97 Å². The first kappa shape index (κ1) is 14.3. The molecule has 0 fully saturated rings. The van der Waals surface area contributed by atoms with Gasteiger partial charge in [-0.2, -0.15) is 0 Å². The van der Waals surface area contributed by atoms with E-state index in [0.717, 1.165) is 6.08 Å². The number of halogens is 1. The van der Waals surface area contributed by atoms with Crippen molar-refractivity contribution >= 4 is 46.6 Å². The number of carboxylic acids is 1. The Morgan fingerprint density at radius 1 is 1.25 bits per heavy atom. The lowest BCUT2D eigenvalue weighted by Crippen LogP contribution is -2.11. The highest BCUT2D eigenvalue weighted by Gasteiger charge is 2.13. The van der Waals surface area contributed by atoms with E-state index in [9.17, 15) is 9.59 Å². The largest absolute Gasteiger partial charge is 0.478 e. The Kier molecular flexibility index (Phi) is 4.55. The van der Waals surface area contributed by atoms with E-state index in [1.54, 1.807) is 35.7 Å². The number of anilines is 1. The summed E-state index contributed by atoms with van der Waals surface area (Å²) < 4.78 is 0. The Labute approximate surface area is 124 Å². The second-order valence-corrected chi connectivity index (χ2v) is 5.13. The average Bonchev–Trinajstić information content (AvgIpc) is 2.87. The zero-order chi connectivity index (χ0) is 14.5. The van der Waals surface area contributed by atoms with Crippen molar-refractivity contribution in [2.24, 2.45) is 0 Å². The molecule has 20 heavy (non-hydrogen) atoms. The van der Waals surface area contributed by atoms with Crippen LogP contribution < -0.4 is 5.32 Å². The summed E-state index contributed by atoms with van der Waals surface area (Å²) in [6.45, 7) is 0. The normalized spacial score (nSPS) is 10.7. The van der Waals surface area contributed by atoms with E-state index in [1.807, 2.05) is 0 Å². The van der Waals surface area contributed by atoms with Gasteiger partial charge in [-0.15, -0.1) is 11.3 Å². The van der Waals surface area contributed by atoms with Gasteiger partial charge in [0, 0.05) is 6.08 Å². The van der Waals surface area contributed by atoms with Crippen LogP contribution >= 0.6 is 22.9 Å². The molecular weight excluding hydrogens is 298 g/mol. The van der Waals surface area contributed by atoms with E-state index in [0.29, 0.717) is 21.2 Å². The second-order valence-electron chi connectivity index (χ2n) is 3.81. The average molecular weight is 308 g/mol. The predicted octanol–water partition coefficient (Wildman–Crippen LogP) is 3.75. The standard InChI is InChI=1S/C14H10ClNO3S/c15-10-3-1-2-4-11(10)16-14(19)13-9(7-8-20-13)5-6-12(17)18/h1-8H,(H,16,19)(H,17,18). The summed E-state index contributed by atoms with van der Waals surface area (Å²) in [5.41, 5.74) is 1.07. The number of nitrogens with one attached hydrogen (secondary N) is 1. The summed E-state index contributed by atoms with van der Waals surface area (Å²) in [6, 6.07) is 8.59. The van der Waals surface area contributed by atoms with Crippen LogP contribution in [0.25, 0.3) is 6.08 Å². The van der Waals surface area contributed by atoms with Gasteiger partial charge in [0.25, 0.3) is 5.91 Å². The van der Waals surface area contributed by atoms with Crippen LogP contribution in [-0.2, 0) is 4.79 Å². The summed E-state index contributed by atoms with van der Waals surface area (Å²) in [7, 11) is 0. The number of carbonyl (C=O) groups excluding carboxylic acids is 1. The molecule has 0 unspecified atom stereocenters. The van der Waals surface area contributed by atoms with Gasteiger partial charge in [-0.1, -0.05) is 23.7 Å². The SMILES string of the molecule is O=C(O)C=Cc1ccsc1C(=O)Nc1ccccc1Cl. The number of carbonyl (C=O) groups is 2. The molecule has 0 spiro atoms. The van der Waals surface area contributed by atoms with Crippen LogP contribution in [0, 0.1) is 0 Å². The highest BCUT2D eigenvalue weighted by atomic mass is 35.5. The fraction of sp³-hybridized carbons (Fsp3) is 0. The van der Waals surface area contributed by atoms with Gasteiger partial charge in [-0.05, 0) is 35.2 Å². The number of thiophene rings is 1. The highest BCUT2D eigenvalue weighted by molar-refractivity contribution is 7.12. The van der Waals surface area contributed by atoms with Crippen LogP contribution in [0.4, 0.5) is 5.69 Å². The number of para-hydroxylation sites is 1. The summed E-state index contributed by atoms with van der Waals surface area (Å²) in [5, 5.41) is 13.5. The van der Waals surface area contributed by atoms with Crippen molar-refractivity contribution in [3.63, 3.8) is 0 Å². The molecular formula is C14H10ClNO3S. The van der Waals surface area contributed by atoms with Crippen molar-refractivity contribution in [1.82, 2.24) is 0 Å². The van der Waals surface area contributed by atoms with E-state index in [-0.39, 0.29) is 5.91 Å². The van der Waals surface area contributed by atoms with E-state index in [1.165, 1.54) is 17.4 Å². The molecule has 0 atom stereocenters. The molecule has 6 heteroatoms. The van der Waals surface area contributed by atoms with Crippen LogP contribution in [0.2, 0.25) is 5.02 Å². The Morgan fingerprint density at radius 2 is 2.00 bits per heavy atom. The molecule has 1 heterocycles. The van der Waals surface area contributed by atoms with Crippen LogP contribution in [0.15, 0.2) is 41.8 Å². The number of carboxylic acid groups (broad SMARTS) is 1. The zero-order valence-electron chi connectivity index (χ0n) is 10.2. The number of benzene rings is 1. The Balaban J connectivity index is 2.20.